The van der Waals surface area contributed by atoms with Gasteiger partial charge in [-0.05, 0) is 67.9 Å². The smallest absolute Gasteiger partial charge is 0.290 e. The van der Waals surface area contributed by atoms with Crippen LogP contribution in [0.3, 0.4) is 0 Å². The summed E-state index contributed by atoms with van der Waals surface area (Å²) >= 11 is 6.45. The van der Waals surface area contributed by atoms with Crippen molar-refractivity contribution in [3.05, 3.63) is 83.4 Å². The van der Waals surface area contributed by atoms with Crippen LogP contribution in [-0.4, -0.2) is 39.3 Å². The van der Waals surface area contributed by atoms with E-state index < -0.39 is 11.7 Å². The molecular weight excluding hydrogens is 497 g/mol. The normalized spacial score (nSPS) is 17.7. The fourth-order valence-electron chi connectivity index (χ4n) is 3.77. The average molecular weight is 522 g/mol. The highest BCUT2D eigenvalue weighted by atomic mass is 35.5. The number of amidine groups is 1. The van der Waals surface area contributed by atoms with E-state index in [0.29, 0.717) is 40.4 Å². The second kappa shape index (κ2) is 10.2. The molecule has 2 atom stereocenters. The molecule has 3 N–H and O–H groups in total. The predicted octanol–water partition coefficient (Wildman–Crippen LogP) is 5.68. The number of aliphatic hydroxyl groups is 1. The summed E-state index contributed by atoms with van der Waals surface area (Å²) in [4.78, 5) is 13.1. The van der Waals surface area contributed by atoms with E-state index >= 15 is 0 Å². The Bertz CT molecular complexity index is 1480. The molecule has 1 aromatic heterocycles. The van der Waals surface area contributed by atoms with Crippen molar-refractivity contribution in [3.63, 3.8) is 0 Å². The fourth-order valence-corrected chi connectivity index (χ4v) is 4.01. The van der Waals surface area contributed by atoms with Crippen molar-refractivity contribution in [1.29, 1.82) is 0 Å². The Balaban J connectivity index is 1.31. The van der Waals surface area contributed by atoms with Crippen LogP contribution in [-0.2, 0) is 11.3 Å². The monoisotopic (exact) mass is 521 g/mol. The van der Waals surface area contributed by atoms with Crippen molar-refractivity contribution >= 4 is 45.7 Å². The Morgan fingerprint density at radius 1 is 1.11 bits per heavy atom. The number of nitrogens with one attached hydrogen (secondary N) is 2. The molecule has 0 saturated heterocycles. The summed E-state index contributed by atoms with van der Waals surface area (Å²) in [7, 11) is 0. The van der Waals surface area contributed by atoms with Crippen LogP contribution < -0.4 is 15.4 Å². The number of hydrogen-bond acceptors (Lipinski definition) is 8. The van der Waals surface area contributed by atoms with E-state index in [1.807, 2.05) is 31.2 Å². The van der Waals surface area contributed by atoms with Crippen LogP contribution in [0.15, 0.2) is 72.0 Å². The van der Waals surface area contributed by atoms with Gasteiger partial charge in [0.15, 0.2) is 5.60 Å². The Hall–Kier alpha value is -3.95. The number of ether oxygens (including phenoxy) is 2. The van der Waals surface area contributed by atoms with Gasteiger partial charge in [-0.1, -0.05) is 23.7 Å². The summed E-state index contributed by atoms with van der Waals surface area (Å²) in [6.07, 6.45) is 0.815. The maximum absolute atomic E-state index is 13.4. The molecule has 2 heterocycles. The molecule has 0 radical (unpaired) electrons. The van der Waals surface area contributed by atoms with E-state index in [2.05, 4.69) is 25.6 Å². The minimum Gasteiger partial charge on any atom is -0.487 e. The fraction of sp³-hybridized carbons (Fsp3) is 0.222. The first kappa shape index (κ1) is 24.7. The maximum atomic E-state index is 13.4. The van der Waals surface area contributed by atoms with Crippen molar-refractivity contribution in [2.45, 2.75) is 32.2 Å². The van der Waals surface area contributed by atoms with Gasteiger partial charge in [-0.25, -0.2) is 19.4 Å². The van der Waals surface area contributed by atoms with Crippen LogP contribution in [0.2, 0.25) is 5.02 Å². The van der Waals surface area contributed by atoms with E-state index in [-0.39, 0.29) is 12.4 Å². The molecule has 1 aliphatic rings. The number of anilines is 3. The predicted molar refractivity (Wildman–Crippen MR) is 142 cm³/mol. The van der Waals surface area contributed by atoms with Gasteiger partial charge in [0.25, 0.3) is 6.02 Å². The second-order valence-corrected chi connectivity index (χ2v) is 9.39. The molecule has 0 amide bonds. The van der Waals surface area contributed by atoms with E-state index in [1.54, 1.807) is 31.2 Å². The molecule has 0 aliphatic carbocycles. The lowest BCUT2D eigenvalue weighted by atomic mass is 10.0. The third-order valence-corrected chi connectivity index (χ3v) is 6.41. The van der Waals surface area contributed by atoms with Crippen LogP contribution in [0.25, 0.3) is 10.9 Å². The van der Waals surface area contributed by atoms with Crippen molar-refractivity contribution in [3.8, 4) is 5.75 Å². The van der Waals surface area contributed by atoms with Gasteiger partial charge in [0.1, 0.15) is 30.3 Å². The number of hydrogen-bond donors (Lipinski definition) is 3. The van der Waals surface area contributed by atoms with Crippen LogP contribution in [0.1, 0.15) is 19.4 Å². The van der Waals surface area contributed by atoms with E-state index in [9.17, 15) is 9.50 Å². The van der Waals surface area contributed by atoms with Crippen LogP contribution >= 0.6 is 11.6 Å². The van der Waals surface area contributed by atoms with Gasteiger partial charge in [-0.15, -0.1) is 0 Å². The van der Waals surface area contributed by atoms with Gasteiger partial charge in [-0.2, -0.15) is 0 Å². The van der Waals surface area contributed by atoms with Crippen LogP contribution in [0.4, 0.5) is 21.6 Å². The SMILES string of the molecule is C[C@@H](O)[C@]1(C)CN=C(Nc2ccc3ncnc(Nc4ccc(OCc5cccc(F)c5)c(Cl)c4)c3c2)O1. The van der Waals surface area contributed by atoms with Crippen LogP contribution in [0, 0.1) is 5.82 Å². The highest BCUT2D eigenvalue weighted by Gasteiger charge is 2.38. The zero-order chi connectivity index (χ0) is 26.0. The molecule has 0 saturated carbocycles. The summed E-state index contributed by atoms with van der Waals surface area (Å²) in [5.74, 6) is 0.752. The Labute approximate surface area is 218 Å². The molecule has 0 spiro atoms. The minimum absolute atomic E-state index is 0.196. The van der Waals surface area contributed by atoms with E-state index in [0.717, 1.165) is 16.6 Å². The zero-order valence-corrected chi connectivity index (χ0v) is 21.0. The molecule has 0 fully saturated rings. The van der Waals surface area contributed by atoms with Gasteiger partial charge in [-0.3, -0.25) is 0 Å². The number of aliphatic imine (C=N–C) groups is 1. The minimum atomic E-state index is -0.762. The van der Waals surface area contributed by atoms with Crippen molar-refractivity contribution < 1.29 is 19.0 Å². The molecule has 4 aromatic rings. The number of rotatable bonds is 7. The van der Waals surface area contributed by atoms with Gasteiger partial charge in [0, 0.05) is 16.8 Å². The molecule has 5 rings (SSSR count). The van der Waals surface area contributed by atoms with Gasteiger partial charge >= 0.3 is 0 Å². The molecule has 8 nitrogen and oxygen atoms in total. The molecule has 10 heteroatoms. The van der Waals surface area contributed by atoms with Gasteiger partial charge in [0.2, 0.25) is 0 Å². The van der Waals surface area contributed by atoms with Crippen molar-refractivity contribution in [2.75, 3.05) is 17.2 Å². The Kier molecular flexibility index (Phi) is 6.82. The van der Waals surface area contributed by atoms with Crippen molar-refractivity contribution in [1.82, 2.24) is 9.97 Å². The van der Waals surface area contributed by atoms with E-state index in [4.69, 9.17) is 21.1 Å². The molecule has 37 heavy (non-hydrogen) atoms. The number of aliphatic hydroxyl groups excluding tert-OH is 1. The summed E-state index contributed by atoms with van der Waals surface area (Å²) in [6, 6.07) is 17.5. The second-order valence-electron chi connectivity index (χ2n) is 8.98. The van der Waals surface area contributed by atoms with Gasteiger partial charge < -0.3 is 25.2 Å². The quantitative estimate of drug-likeness (QED) is 0.287. The first-order valence-electron chi connectivity index (χ1n) is 11.7. The highest BCUT2D eigenvalue weighted by Crippen LogP contribution is 2.32. The first-order chi connectivity index (χ1) is 17.8. The Morgan fingerprint density at radius 2 is 1.92 bits per heavy atom. The summed E-state index contributed by atoms with van der Waals surface area (Å²) in [5.41, 5.74) is 2.13. The lowest BCUT2D eigenvalue weighted by Gasteiger charge is -2.26. The Morgan fingerprint density at radius 3 is 2.68 bits per heavy atom. The summed E-state index contributed by atoms with van der Waals surface area (Å²) < 4.78 is 25.0. The molecular formula is C27H25ClFN5O3. The largest absolute Gasteiger partial charge is 0.487 e. The zero-order valence-electron chi connectivity index (χ0n) is 20.2. The highest BCUT2D eigenvalue weighted by molar-refractivity contribution is 6.32. The topological polar surface area (TPSA) is 101 Å². The molecule has 1 aliphatic heterocycles. The summed E-state index contributed by atoms with van der Waals surface area (Å²) in [5, 5.41) is 17.6. The number of fused-ring (bicyclic) bond motifs is 1. The molecule has 3 aromatic carbocycles. The number of aromatic nitrogens is 2. The number of benzene rings is 3. The molecule has 0 unspecified atom stereocenters. The lowest BCUT2D eigenvalue weighted by Crippen LogP contribution is -2.41. The average Bonchev–Trinajstić information content (AvgIpc) is 3.26. The standard InChI is InChI=1S/C27H25ClFN5O3/c1-16(35)27(2)14-30-26(37-27)34-19-6-8-23-21(11-19)25(32-15-31-23)33-20-7-9-24(22(28)12-20)36-13-17-4-3-5-18(29)10-17/h3-12,15-16,35H,13-14H2,1-2H3,(H,30,34)(H,31,32,33)/t16-,27+/m1/s1. The molecule has 190 valence electrons. The third-order valence-electron chi connectivity index (χ3n) is 6.11. The maximum Gasteiger partial charge on any atom is 0.290 e. The summed E-state index contributed by atoms with van der Waals surface area (Å²) in [6.45, 7) is 4.05. The van der Waals surface area contributed by atoms with E-state index in [1.165, 1.54) is 18.5 Å². The van der Waals surface area contributed by atoms with Crippen molar-refractivity contribution in [2.24, 2.45) is 4.99 Å². The van der Waals surface area contributed by atoms with Crippen LogP contribution in [0.5, 0.6) is 5.75 Å². The first-order valence-corrected chi connectivity index (χ1v) is 12.0. The number of nitrogens with zero attached hydrogens (tertiary/aromatic N) is 3. The lowest BCUT2D eigenvalue weighted by molar-refractivity contribution is -0.0197. The molecule has 0 bridgehead atoms. The van der Waals surface area contributed by atoms with Gasteiger partial charge in [0.05, 0.1) is 23.2 Å². The number of halogens is 2. The third kappa shape index (κ3) is 5.58.